The van der Waals surface area contributed by atoms with Gasteiger partial charge in [0, 0.05) is 74.4 Å². The number of hydrogen-bond donors (Lipinski definition) is 4. The molecule has 8 rings (SSSR count). The van der Waals surface area contributed by atoms with Crippen LogP contribution in [0.1, 0.15) is 50.3 Å². The number of thiazole rings is 1. The number of carbonyl (C=O) groups excluding carboxylic acids is 7. The predicted octanol–water partition coefficient (Wildman–Crippen LogP) is 2.44. The molecule has 69 heavy (non-hydrogen) atoms. The van der Waals surface area contributed by atoms with E-state index in [4.69, 9.17) is 9.47 Å². The molecule has 3 aliphatic rings. The predicted molar refractivity (Wildman–Crippen MR) is 253 cm³/mol. The number of imide groups is 2. The number of nitrogens with zero attached hydrogens (tertiary/aromatic N) is 6. The Kier molecular flexibility index (Phi) is 14.9. The molecule has 360 valence electrons. The van der Waals surface area contributed by atoms with Crippen molar-refractivity contribution in [2.45, 2.75) is 25.3 Å². The van der Waals surface area contributed by atoms with Crippen molar-refractivity contribution in [3.8, 4) is 22.4 Å². The largest absolute Gasteiger partial charge is 0.383 e. The molecule has 4 N–H and O–H groups in total. The number of nitrogens with one attached hydrogen (secondary N) is 4. The first-order chi connectivity index (χ1) is 33.2. The highest BCUT2D eigenvalue weighted by molar-refractivity contribution is 7.89. The number of fused-ring (bicyclic) bond motifs is 1. The van der Waals surface area contributed by atoms with Crippen LogP contribution < -0.4 is 26.2 Å². The van der Waals surface area contributed by atoms with Crippen molar-refractivity contribution in [2.24, 2.45) is 0 Å². The standard InChI is InChI=1S/C46H48N10O11S2/c1-69(64,65)55-14-10-32(27-55)42(60)49-26-40(58)52-46-50-36(28-68-46)31-4-2-3-29(23-31)30-9-12-48-38(24-30)53-15-17-54(18-16-53)41(59)11-19-66-21-22-67-20-13-47-33-5-6-34-35(25-33)45(63)56(44(34)62)37-7-8-39(57)51-43(37)61/h2-6,9-10,12,14,23-25,27-28,37,47H,7-8,11,13,15-22,26H2,1H3,(H,49,60)(H,50,52,58)(H,51,57,61). The Bertz CT molecular complexity index is 2910. The molecule has 3 aromatic heterocycles. The van der Waals surface area contributed by atoms with E-state index in [0.717, 1.165) is 37.6 Å². The van der Waals surface area contributed by atoms with Gasteiger partial charge in [-0.05, 0) is 60.0 Å². The maximum absolute atomic E-state index is 13.1. The summed E-state index contributed by atoms with van der Waals surface area (Å²) in [7, 11) is -3.54. The van der Waals surface area contributed by atoms with Crippen LogP contribution in [0.15, 0.2) is 84.6 Å². The van der Waals surface area contributed by atoms with Crippen LogP contribution >= 0.6 is 11.3 Å². The lowest BCUT2D eigenvalue weighted by Crippen LogP contribution is -2.54. The monoisotopic (exact) mass is 980 g/mol. The molecule has 6 heterocycles. The summed E-state index contributed by atoms with van der Waals surface area (Å²) < 4.78 is 35.6. The molecule has 0 aliphatic carbocycles. The van der Waals surface area contributed by atoms with Crippen LogP contribution in [0.2, 0.25) is 0 Å². The summed E-state index contributed by atoms with van der Waals surface area (Å²) in [6.45, 7) is 3.59. The average molecular weight is 981 g/mol. The van der Waals surface area contributed by atoms with Gasteiger partial charge in [-0.15, -0.1) is 11.3 Å². The van der Waals surface area contributed by atoms with Crippen LogP contribution in [0, 0.1) is 0 Å². The lowest BCUT2D eigenvalue weighted by Gasteiger charge is -2.35. The van der Waals surface area contributed by atoms with Crippen LogP contribution in [0.4, 0.5) is 16.6 Å². The van der Waals surface area contributed by atoms with Crippen LogP contribution in [0.25, 0.3) is 22.4 Å². The first kappa shape index (κ1) is 48.1. The number of aromatic nitrogens is 3. The molecule has 3 aliphatic heterocycles. The summed E-state index contributed by atoms with van der Waals surface area (Å²) in [4.78, 5) is 102. The van der Waals surface area contributed by atoms with Gasteiger partial charge in [-0.3, -0.25) is 47.8 Å². The Morgan fingerprint density at radius 3 is 2.39 bits per heavy atom. The number of piperazine rings is 1. The lowest BCUT2D eigenvalue weighted by molar-refractivity contribution is -0.136. The quantitative estimate of drug-likeness (QED) is 0.0685. The van der Waals surface area contributed by atoms with E-state index in [-0.39, 0.29) is 55.0 Å². The topological polar surface area (TPSA) is 261 Å². The van der Waals surface area contributed by atoms with Gasteiger partial charge >= 0.3 is 0 Å². The molecule has 1 unspecified atom stereocenters. The maximum Gasteiger partial charge on any atom is 0.262 e. The highest BCUT2D eigenvalue weighted by Crippen LogP contribution is 2.32. The molecule has 5 aromatic rings. The third-order valence-corrected chi connectivity index (χ3v) is 13.3. The molecule has 21 nitrogen and oxygen atoms in total. The second-order valence-corrected chi connectivity index (χ2v) is 19.0. The van der Waals surface area contributed by atoms with Gasteiger partial charge in [0.2, 0.25) is 33.7 Å². The molecule has 2 saturated heterocycles. The fourth-order valence-electron chi connectivity index (χ4n) is 7.91. The number of anilines is 3. The Hall–Kier alpha value is -7.34. The minimum atomic E-state index is -3.54. The van der Waals surface area contributed by atoms with Gasteiger partial charge in [0.25, 0.3) is 17.7 Å². The van der Waals surface area contributed by atoms with E-state index in [9.17, 15) is 42.0 Å². The Balaban J connectivity index is 0.713. The second-order valence-electron chi connectivity index (χ2n) is 16.2. The zero-order chi connectivity index (χ0) is 48.7. The number of hydrogen-bond acceptors (Lipinski definition) is 16. The number of carbonyl (C=O) groups is 7. The summed E-state index contributed by atoms with van der Waals surface area (Å²) in [6, 6.07) is 16.9. The fourth-order valence-corrected chi connectivity index (χ4v) is 9.23. The molecule has 0 bridgehead atoms. The van der Waals surface area contributed by atoms with Crippen LogP contribution in [0.3, 0.4) is 0 Å². The van der Waals surface area contributed by atoms with Crippen molar-refractivity contribution in [1.82, 2.24) is 34.4 Å². The van der Waals surface area contributed by atoms with Gasteiger partial charge in [-0.1, -0.05) is 18.2 Å². The maximum atomic E-state index is 13.1. The van der Waals surface area contributed by atoms with Crippen molar-refractivity contribution in [2.75, 3.05) is 87.5 Å². The molecule has 2 fully saturated rings. The fraction of sp³-hybridized carbons (Fsp3) is 0.326. The van der Waals surface area contributed by atoms with Gasteiger partial charge in [0.05, 0.1) is 68.0 Å². The van der Waals surface area contributed by atoms with Crippen molar-refractivity contribution in [3.63, 3.8) is 0 Å². The molecule has 23 heteroatoms. The van der Waals surface area contributed by atoms with Gasteiger partial charge < -0.3 is 35.2 Å². The Morgan fingerprint density at radius 2 is 1.62 bits per heavy atom. The highest BCUT2D eigenvalue weighted by atomic mass is 32.2. The van der Waals surface area contributed by atoms with E-state index in [1.165, 1.54) is 29.8 Å². The molecular formula is C46H48N10O11S2. The SMILES string of the molecule is CS(=O)(=O)n1ccc(C(=O)NCC(=O)Nc2nc(-c3cccc(-c4ccnc(N5CCN(C(=O)CCOCCOCCNc6ccc7c(c6)C(=O)N(C6CCC(=O)NC6=O)C7=O)CC5)c4)c3)cs2)c1. The van der Waals surface area contributed by atoms with E-state index < -0.39 is 51.5 Å². The van der Waals surface area contributed by atoms with Gasteiger partial charge in [-0.2, -0.15) is 0 Å². The van der Waals surface area contributed by atoms with Crippen LogP contribution in [-0.2, 0) is 38.7 Å². The number of benzene rings is 2. The van der Waals surface area contributed by atoms with Crippen molar-refractivity contribution < 1.29 is 51.5 Å². The van der Waals surface area contributed by atoms with E-state index >= 15 is 0 Å². The normalized spacial score (nSPS) is 16.1. The number of ether oxygens (including phenoxy) is 2. The van der Waals surface area contributed by atoms with E-state index in [0.29, 0.717) is 69.1 Å². The third kappa shape index (κ3) is 11.7. The molecule has 1 atom stereocenters. The summed E-state index contributed by atoms with van der Waals surface area (Å²) in [5.41, 5.74) is 4.48. The summed E-state index contributed by atoms with van der Waals surface area (Å²) in [6.07, 6.45) is 5.58. The number of amides is 7. The average Bonchev–Trinajstić information content (AvgIpc) is 4.10. The Morgan fingerprint density at radius 1 is 0.870 bits per heavy atom. The lowest BCUT2D eigenvalue weighted by atomic mass is 10.0. The first-order valence-electron chi connectivity index (χ1n) is 22.0. The third-order valence-electron chi connectivity index (χ3n) is 11.5. The molecule has 0 radical (unpaired) electrons. The van der Waals surface area contributed by atoms with Crippen molar-refractivity contribution in [3.05, 3.63) is 101 Å². The molecule has 2 aromatic carbocycles. The number of rotatable bonds is 19. The molecule has 0 saturated carbocycles. The highest BCUT2D eigenvalue weighted by Gasteiger charge is 2.44. The van der Waals surface area contributed by atoms with Crippen LogP contribution in [0.5, 0.6) is 0 Å². The molecule has 0 spiro atoms. The zero-order valence-electron chi connectivity index (χ0n) is 37.3. The van der Waals surface area contributed by atoms with E-state index in [1.54, 1.807) is 24.4 Å². The van der Waals surface area contributed by atoms with Gasteiger partial charge in [0.1, 0.15) is 11.9 Å². The first-order valence-corrected chi connectivity index (χ1v) is 24.7. The summed E-state index contributed by atoms with van der Waals surface area (Å²) in [5.74, 6) is -2.51. The van der Waals surface area contributed by atoms with E-state index in [2.05, 4.69) is 36.1 Å². The Labute approximate surface area is 400 Å². The van der Waals surface area contributed by atoms with Gasteiger partial charge in [-0.25, -0.2) is 18.4 Å². The minimum Gasteiger partial charge on any atom is -0.383 e. The molecule has 7 amide bonds. The smallest absolute Gasteiger partial charge is 0.262 e. The minimum absolute atomic E-state index is 0.00391. The molecular weight excluding hydrogens is 933 g/mol. The van der Waals surface area contributed by atoms with Crippen molar-refractivity contribution in [1.29, 1.82) is 0 Å². The number of piperidine rings is 1. The number of pyridine rings is 1. The van der Waals surface area contributed by atoms with Crippen LogP contribution in [-0.4, -0.2) is 152 Å². The summed E-state index contributed by atoms with van der Waals surface area (Å²) >= 11 is 1.24. The van der Waals surface area contributed by atoms with Crippen molar-refractivity contribution >= 4 is 79.3 Å². The van der Waals surface area contributed by atoms with E-state index in [1.807, 2.05) is 46.7 Å². The second kappa shape index (κ2) is 21.3. The summed E-state index contributed by atoms with van der Waals surface area (Å²) in [5, 5.41) is 12.7. The zero-order valence-corrected chi connectivity index (χ0v) is 39.0. The van der Waals surface area contributed by atoms with Gasteiger partial charge in [0.15, 0.2) is 5.13 Å².